The van der Waals surface area contributed by atoms with Crippen molar-refractivity contribution in [2.45, 2.75) is 25.2 Å². The topological polar surface area (TPSA) is 34.1 Å². The minimum absolute atomic E-state index is 0.216. The van der Waals surface area contributed by atoms with Crippen LogP contribution in [0.15, 0.2) is 23.0 Å². The van der Waals surface area contributed by atoms with E-state index >= 15 is 0 Å². The van der Waals surface area contributed by atoms with Crippen LogP contribution < -0.4 is 0 Å². The number of allylic oxidation sites excluding steroid dienone is 2. The van der Waals surface area contributed by atoms with Gasteiger partial charge in [-0.3, -0.25) is 0 Å². The zero-order chi connectivity index (χ0) is 13.7. The number of rotatable bonds is 4. The number of halogens is 6. The Morgan fingerprint density at radius 1 is 0.765 bits per heavy atom. The van der Waals surface area contributed by atoms with Gasteiger partial charge in [-0.2, -0.15) is 26.3 Å². The van der Waals surface area contributed by atoms with Crippen molar-refractivity contribution in [3.8, 4) is 0 Å². The highest BCUT2D eigenvalue weighted by atomic mass is 32.2. The number of hydrogen-bond acceptors (Lipinski definition) is 2. The lowest BCUT2D eigenvalue weighted by atomic mass is 10.4. The van der Waals surface area contributed by atoms with E-state index < -0.39 is 35.0 Å². The maximum atomic E-state index is 11.6. The van der Waals surface area contributed by atoms with E-state index in [0.29, 0.717) is 12.2 Å². The summed E-state index contributed by atoms with van der Waals surface area (Å²) in [6, 6.07) is 0. The van der Waals surface area contributed by atoms with Crippen LogP contribution in [0.3, 0.4) is 0 Å². The van der Waals surface area contributed by atoms with E-state index in [0.717, 1.165) is 0 Å². The highest BCUT2D eigenvalue weighted by molar-refractivity contribution is 7.97. The third kappa shape index (κ3) is 11.3. The van der Waals surface area contributed by atoms with Gasteiger partial charge in [-0.25, -0.2) is 8.42 Å². The molecule has 0 amide bonds. The van der Waals surface area contributed by atoms with Gasteiger partial charge in [0.2, 0.25) is 0 Å². The quantitative estimate of drug-likeness (QED) is 0.741. The van der Waals surface area contributed by atoms with E-state index in [1.54, 1.807) is 0 Å². The minimum Gasteiger partial charge on any atom is -0.220 e. The second kappa shape index (κ2) is 5.56. The minimum atomic E-state index is -4.55. The van der Waals surface area contributed by atoms with Crippen LogP contribution in [0.2, 0.25) is 0 Å². The Bertz CT molecular complexity index is 355. The fourth-order valence-electron chi connectivity index (χ4n) is 0.677. The standard InChI is InChI=1S/C8H8F6O2S/c9-7(10,11)3-1-5-17(15,16)6-2-4-8(12,13)14/h1-2,5-6H,3-4H2. The van der Waals surface area contributed by atoms with Crippen molar-refractivity contribution in [1.29, 1.82) is 0 Å². The van der Waals surface area contributed by atoms with Crippen molar-refractivity contribution in [3.05, 3.63) is 23.0 Å². The van der Waals surface area contributed by atoms with Crippen LogP contribution in [0.5, 0.6) is 0 Å². The van der Waals surface area contributed by atoms with Crippen LogP contribution in [0.1, 0.15) is 12.8 Å². The molecule has 0 aromatic carbocycles. The van der Waals surface area contributed by atoms with Crippen molar-refractivity contribution in [3.63, 3.8) is 0 Å². The molecule has 17 heavy (non-hydrogen) atoms. The molecule has 0 spiro atoms. The van der Waals surface area contributed by atoms with Gasteiger partial charge < -0.3 is 0 Å². The third-order valence-corrected chi connectivity index (χ3v) is 2.41. The van der Waals surface area contributed by atoms with Gasteiger partial charge in [0.15, 0.2) is 9.84 Å². The van der Waals surface area contributed by atoms with Crippen LogP contribution in [-0.2, 0) is 9.84 Å². The van der Waals surface area contributed by atoms with Gasteiger partial charge in [-0.1, -0.05) is 12.2 Å². The SMILES string of the molecule is O=S(=O)(C=CCC(F)(F)F)C=CCC(F)(F)F. The second-order valence-electron chi connectivity index (χ2n) is 2.97. The Balaban J connectivity index is 4.41. The van der Waals surface area contributed by atoms with Gasteiger partial charge in [-0.15, -0.1) is 0 Å². The molecule has 2 nitrogen and oxygen atoms in total. The normalized spacial score (nSPS) is 14.9. The molecule has 0 unspecified atom stereocenters. The smallest absolute Gasteiger partial charge is 0.220 e. The molecule has 0 saturated heterocycles. The lowest BCUT2D eigenvalue weighted by Crippen LogP contribution is -2.05. The molecule has 0 aliphatic heterocycles. The van der Waals surface area contributed by atoms with E-state index in [9.17, 15) is 34.8 Å². The predicted octanol–water partition coefficient (Wildman–Crippen LogP) is 3.33. The first-order chi connectivity index (χ1) is 7.41. The van der Waals surface area contributed by atoms with Gasteiger partial charge in [0, 0.05) is 10.8 Å². The summed E-state index contributed by atoms with van der Waals surface area (Å²) in [6.07, 6.45) is -11.4. The summed E-state index contributed by atoms with van der Waals surface area (Å²) >= 11 is 0. The van der Waals surface area contributed by atoms with E-state index in [4.69, 9.17) is 0 Å². The Morgan fingerprint density at radius 2 is 1.06 bits per heavy atom. The summed E-state index contributed by atoms with van der Waals surface area (Å²) in [4.78, 5) is 0. The zero-order valence-electron chi connectivity index (χ0n) is 8.22. The summed E-state index contributed by atoms with van der Waals surface area (Å²) in [7, 11) is -4.19. The molecule has 0 saturated carbocycles. The van der Waals surface area contributed by atoms with E-state index in [2.05, 4.69) is 0 Å². The van der Waals surface area contributed by atoms with Gasteiger partial charge in [0.1, 0.15) is 0 Å². The Morgan fingerprint density at radius 3 is 1.29 bits per heavy atom. The molecule has 0 aromatic rings. The average Bonchev–Trinajstić information content (AvgIpc) is 1.96. The molecule has 0 aliphatic carbocycles. The molecular weight excluding hydrogens is 274 g/mol. The van der Waals surface area contributed by atoms with Gasteiger partial charge in [0.05, 0.1) is 12.8 Å². The summed E-state index contributed by atoms with van der Waals surface area (Å²) < 4.78 is 91.5. The summed E-state index contributed by atoms with van der Waals surface area (Å²) in [6.45, 7) is 0. The Labute approximate surface area is 93.5 Å². The lowest BCUT2D eigenvalue weighted by Gasteiger charge is -2.00. The van der Waals surface area contributed by atoms with Gasteiger partial charge in [-0.05, 0) is 0 Å². The summed E-state index contributed by atoms with van der Waals surface area (Å²) in [5, 5.41) is 0.431. The van der Waals surface area contributed by atoms with E-state index in [1.165, 1.54) is 0 Å². The van der Waals surface area contributed by atoms with Crippen LogP contribution in [0, 0.1) is 0 Å². The fourth-order valence-corrected chi connectivity index (χ4v) is 1.50. The first kappa shape index (κ1) is 16.0. The van der Waals surface area contributed by atoms with Gasteiger partial charge in [0.25, 0.3) is 0 Å². The number of alkyl halides is 6. The molecule has 0 radical (unpaired) electrons. The summed E-state index contributed by atoms with van der Waals surface area (Å²) in [5.41, 5.74) is 0. The molecule has 0 bridgehead atoms. The molecule has 0 aromatic heterocycles. The molecule has 9 heteroatoms. The average molecular weight is 282 g/mol. The first-order valence-electron chi connectivity index (χ1n) is 4.13. The third-order valence-electron chi connectivity index (χ3n) is 1.27. The maximum absolute atomic E-state index is 11.6. The molecule has 0 heterocycles. The largest absolute Gasteiger partial charge is 0.392 e. The Kier molecular flexibility index (Phi) is 5.24. The molecule has 100 valence electrons. The molecule has 0 fully saturated rings. The molecule has 0 atom stereocenters. The Hall–Kier alpha value is -0.990. The zero-order valence-corrected chi connectivity index (χ0v) is 9.03. The molecule has 0 rings (SSSR count). The van der Waals surface area contributed by atoms with Crippen molar-refractivity contribution in [1.82, 2.24) is 0 Å². The second-order valence-corrected chi connectivity index (χ2v) is 4.69. The number of sulfone groups is 1. The van der Waals surface area contributed by atoms with Crippen molar-refractivity contribution in [2.75, 3.05) is 0 Å². The molecular formula is C8H8F6O2S. The highest BCUT2D eigenvalue weighted by Gasteiger charge is 2.26. The molecule has 0 aliphatic rings. The maximum Gasteiger partial charge on any atom is 0.392 e. The van der Waals surface area contributed by atoms with Crippen molar-refractivity contribution in [2.24, 2.45) is 0 Å². The monoisotopic (exact) mass is 282 g/mol. The lowest BCUT2D eigenvalue weighted by molar-refractivity contribution is -0.125. The van der Waals surface area contributed by atoms with Crippen LogP contribution in [0.25, 0.3) is 0 Å². The fraction of sp³-hybridized carbons (Fsp3) is 0.500. The first-order valence-corrected chi connectivity index (χ1v) is 5.74. The van der Waals surface area contributed by atoms with E-state index in [-0.39, 0.29) is 10.8 Å². The van der Waals surface area contributed by atoms with Crippen molar-refractivity contribution < 1.29 is 34.8 Å². The van der Waals surface area contributed by atoms with E-state index in [1.807, 2.05) is 0 Å². The van der Waals surface area contributed by atoms with Crippen molar-refractivity contribution >= 4 is 9.84 Å². The predicted molar refractivity (Wildman–Crippen MR) is 48.5 cm³/mol. The van der Waals surface area contributed by atoms with Crippen LogP contribution in [0.4, 0.5) is 26.3 Å². The van der Waals surface area contributed by atoms with Crippen LogP contribution in [-0.4, -0.2) is 20.8 Å². The summed E-state index contributed by atoms with van der Waals surface area (Å²) in [5.74, 6) is 0. The van der Waals surface area contributed by atoms with Gasteiger partial charge >= 0.3 is 12.4 Å². The number of hydrogen-bond donors (Lipinski definition) is 0. The molecule has 0 N–H and O–H groups in total. The van der Waals surface area contributed by atoms with Crippen LogP contribution >= 0.6 is 0 Å². The highest BCUT2D eigenvalue weighted by Crippen LogP contribution is 2.21.